The number of fused-ring (bicyclic) bond motifs is 1. The highest BCUT2D eigenvalue weighted by Gasteiger charge is 2.14. The average Bonchev–Trinajstić information content (AvgIpc) is 2.44. The summed E-state index contributed by atoms with van der Waals surface area (Å²) in [4.78, 5) is 10.6. The standard InChI is InChI=1S/C15H16N2O3/c1-11(9-16-2)10-20-15-8-7-14(17(18)19)12-5-3-4-6-13(12)15/h3-8,16H,1,9-10H2,2H3. The summed E-state index contributed by atoms with van der Waals surface area (Å²) in [5.74, 6) is 0.628. The summed E-state index contributed by atoms with van der Waals surface area (Å²) in [7, 11) is 1.84. The topological polar surface area (TPSA) is 64.4 Å². The zero-order chi connectivity index (χ0) is 14.5. The van der Waals surface area contributed by atoms with Crippen LogP contribution in [-0.4, -0.2) is 25.1 Å². The van der Waals surface area contributed by atoms with Crippen LogP contribution in [0.5, 0.6) is 5.75 Å². The third-order valence-corrected chi connectivity index (χ3v) is 2.92. The molecule has 5 nitrogen and oxygen atoms in total. The largest absolute Gasteiger partial charge is 0.489 e. The minimum absolute atomic E-state index is 0.0852. The van der Waals surface area contributed by atoms with Crippen molar-refractivity contribution in [1.82, 2.24) is 5.32 Å². The number of rotatable bonds is 6. The second-order valence-corrected chi connectivity index (χ2v) is 4.45. The van der Waals surface area contributed by atoms with E-state index in [1.54, 1.807) is 18.2 Å². The predicted octanol–water partition coefficient (Wildman–Crippen LogP) is 2.90. The van der Waals surface area contributed by atoms with Crippen molar-refractivity contribution < 1.29 is 9.66 Å². The Balaban J connectivity index is 2.33. The van der Waals surface area contributed by atoms with Gasteiger partial charge in [0.15, 0.2) is 0 Å². The zero-order valence-corrected chi connectivity index (χ0v) is 11.3. The first-order valence-electron chi connectivity index (χ1n) is 6.23. The Bertz CT molecular complexity index is 653. The van der Waals surface area contributed by atoms with Gasteiger partial charge >= 0.3 is 0 Å². The minimum Gasteiger partial charge on any atom is -0.489 e. The second kappa shape index (κ2) is 6.16. The molecule has 5 heteroatoms. The van der Waals surface area contributed by atoms with Gasteiger partial charge in [0.05, 0.1) is 10.3 Å². The van der Waals surface area contributed by atoms with Gasteiger partial charge in [-0.3, -0.25) is 10.1 Å². The van der Waals surface area contributed by atoms with E-state index in [4.69, 9.17) is 4.74 Å². The van der Waals surface area contributed by atoms with Crippen molar-refractivity contribution in [2.45, 2.75) is 0 Å². The Morgan fingerprint density at radius 2 is 2.00 bits per heavy atom. The van der Waals surface area contributed by atoms with E-state index in [-0.39, 0.29) is 10.6 Å². The van der Waals surface area contributed by atoms with E-state index in [1.807, 2.05) is 19.2 Å². The minimum atomic E-state index is -0.383. The third-order valence-electron chi connectivity index (χ3n) is 2.92. The Morgan fingerprint density at radius 1 is 1.30 bits per heavy atom. The number of likely N-dealkylation sites (N-methyl/N-ethyl adjacent to an activating group) is 1. The molecule has 0 saturated heterocycles. The fourth-order valence-corrected chi connectivity index (χ4v) is 2.02. The highest BCUT2D eigenvalue weighted by atomic mass is 16.6. The lowest BCUT2D eigenvalue weighted by Crippen LogP contribution is -2.14. The van der Waals surface area contributed by atoms with E-state index in [1.165, 1.54) is 6.07 Å². The van der Waals surface area contributed by atoms with Gasteiger partial charge in [0.25, 0.3) is 5.69 Å². The van der Waals surface area contributed by atoms with Crippen LogP contribution in [0.15, 0.2) is 48.6 Å². The molecule has 2 aromatic carbocycles. The number of nitro benzene ring substituents is 1. The van der Waals surface area contributed by atoms with Gasteiger partial charge in [-0.15, -0.1) is 0 Å². The second-order valence-electron chi connectivity index (χ2n) is 4.45. The highest BCUT2D eigenvalue weighted by molar-refractivity contribution is 5.95. The van der Waals surface area contributed by atoms with Gasteiger partial charge in [0.2, 0.25) is 0 Å². The molecule has 2 aromatic rings. The Hall–Kier alpha value is -2.40. The molecule has 0 aliphatic heterocycles. The van der Waals surface area contributed by atoms with Gasteiger partial charge in [-0.2, -0.15) is 0 Å². The van der Waals surface area contributed by atoms with Crippen LogP contribution in [0.3, 0.4) is 0 Å². The molecular weight excluding hydrogens is 256 g/mol. The van der Waals surface area contributed by atoms with Crippen molar-refractivity contribution in [2.75, 3.05) is 20.2 Å². The number of nitrogens with zero attached hydrogens (tertiary/aromatic N) is 1. The maximum atomic E-state index is 11.0. The Kier molecular flexibility index (Phi) is 4.32. The molecule has 0 aliphatic rings. The molecular formula is C15H16N2O3. The molecule has 2 rings (SSSR count). The summed E-state index contributed by atoms with van der Waals surface area (Å²) >= 11 is 0. The van der Waals surface area contributed by atoms with Crippen LogP contribution in [0.4, 0.5) is 5.69 Å². The maximum Gasteiger partial charge on any atom is 0.277 e. The summed E-state index contributed by atoms with van der Waals surface area (Å²) in [6.07, 6.45) is 0. The SMILES string of the molecule is C=C(CNC)COc1ccc([N+](=O)[O-])c2ccccc12. The predicted molar refractivity (Wildman–Crippen MR) is 79.2 cm³/mol. The first kappa shape index (κ1) is 14.0. The van der Waals surface area contributed by atoms with Crippen molar-refractivity contribution in [3.8, 4) is 5.75 Å². The number of nitro groups is 1. The van der Waals surface area contributed by atoms with E-state index in [2.05, 4.69) is 11.9 Å². The van der Waals surface area contributed by atoms with Gasteiger partial charge in [-0.1, -0.05) is 24.8 Å². The molecule has 0 fully saturated rings. The Labute approximate surface area is 117 Å². The molecule has 0 aliphatic carbocycles. The van der Waals surface area contributed by atoms with Crippen LogP contribution in [0.25, 0.3) is 10.8 Å². The molecule has 0 unspecified atom stereocenters. The molecule has 20 heavy (non-hydrogen) atoms. The molecule has 0 radical (unpaired) electrons. The van der Waals surface area contributed by atoms with Gasteiger partial charge in [0, 0.05) is 18.0 Å². The number of hydrogen-bond donors (Lipinski definition) is 1. The Morgan fingerprint density at radius 3 is 2.65 bits per heavy atom. The fraction of sp³-hybridized carbons (Fsp3) is 0.200. The number of hydrogen-bond acceptors (Lipinski definition) is 4. The smallest absolute Gasteiger partial charge is 0.277 e. The third kappa shape index (κ3) is 2.95. The molecule has 0 heterocycles. The van der Waals surface area contributed by atoms with Crippen molar-refractivity contribution in [3.05, 3.63) is 58.7 Å². The quantitative estimate of drug-likeness (QED) is 0.499. The number of ether oxygens (including phenoxy) is 1. The zero-order valence-electron chi connectivity index (χ0n) is 11.3. The maximum absolute atomic E-state index is 11.0. The van der Waals surface area contributed by atoms with Crippen molar-refractivity contribution >= 4 is 16.5 Å². The van der Waals surface area contributed by atoms with Crippen LogP contribution in [-0.2, 0) is 0 Å². The van der Waals surface area contributed by atoms with Gasteiger partial charge in [-0.25, -0.2) is 0 Å². The summed E-state index contributed by atoms with van der Waals surface area (Å²) in [5, 5.41) is 15.3. The molecule has 104 valence electrons. The molecule has 1 N–H and O–H groups in total. The van der Waals surface area contributed by atoms with E-state index in [0.717, 1.165) is 11.0 Å². The van der Waals surface area contributed by atoms with E-state index in [0.29, 0.717) is 24.3 Å². The van der Waals surface area contributed by atoms with Gasteiger partial charge in [0.1, 0.15) is 12.4 Å². The van der Waals surface area contributed by atoms with E-state index in [9.17, 15) is 10.1 Å². The lowest BCUT2D eigenvalue weighted by Gasteiger charge is -2.11. The fourth-order valence-electron chi connectivity index (χ4n) is 2.02. The van der Waals surface area contributed by atoms with Gasteiger partial charge < -0.3 is 10.1 Å². The van der Waals surface area contributed by atoms with Crippen LogP contribution in [0.2, 0.25) is 0 Å². The van der Waals surface area contributed by atoms with Crippen molar-refractivity contribution in [3.63, 3.8) is 0 Å². The highest BCUT2D eigenvalue weighted by Crippen LogP contribution is 2.32. The van der Waals surface area contributed by atoms with Crippen LogP contribution < -0.4 is 10.1 Å². The number of nitrogens with one attached hydrogen (secondary N) is 1. The summed E-state index contributed by atoms with van der Waals surface area (Å²) in [6, 6.07) is 10.3. The normalized spacial score (nSPS) is 10.4. The molecule has 0 saturated carbocycles. The molecule has 0 amide bonds. The number of non-ortho nitro benzene ring substituents is 1. The molecule has 0 spiro atoms. The molecule has 0 bridgehead atoms. The van der Waals surface area contributed by atoms with Crippen molar-refractivity contribution in [1.29, 1.82) is 0 Å². The molecule has 0 aromatic heterocycles. The summed E-state index contributed by atoms with van der Waals surface area (Å²) in [6.45, 7) is 4.94. The average molecular weight is 272 g/mol. The van der Waals surface area contributed by atoms with Crippen molar-refractivity contribution in [2.24, 2.45) is 0 Å². The summed E-state index contributed by atoms with van der Waals surface area (Å²) < 4.78 is 5.71. The van der Waals surface area contributed by atoms with Crippen LogP contribution >= 0.6 is 0 Å². The van der Waals surface area contributed by atoms with Crippen LogP contribution in [0, 0.1) is 10.1 Å². The lowest BCUT2D eigenvalue weighted by atomic mass is 10.1. The summed E-state index contributed by atoms with van der Waals surface area (Å²) in [5.41, 5.74) is 0.997. The number of benzene rings is 2. The first-order valence-corrected chi connectivity index (χ1v) is 6.23. The van der Waals surface area contributed by atoms with Gasteiger partial charge in [-0.05, 0) is 24.8 Å². The first-order chi connectivity index (χ1) is 9.63. The lowest BCUT2D eigenvalue weighted by molar-refractivity contribution is -0.383. The van der Waals surface area contributed by atoms with E-state index >= 15 is 0 Å². The van der Waals surface area contributed by atoms with Crippen LogP contribution in [0.1, 0.15) is 0 Å². The van der Waals surface area contributed by atoms with E-state index < -0.39 is 0 Å². The molecule has 0 atom stereocenters. The monoisotopic (exact) mass is 272 g/mol.